The van der Waals surface area contributed by atoms with Gasteiger partial charge in [-0.1, -0.05) is 0 Å². The molecular weight excluding hydrogens is 413 g/mol. The van der Waals surface area contributed by atoms with Crippen LogP contribution in [0.2, 0.25) is 0 Å². The van der Waals surface area contributed by atoms with Crippen LogP contribution >= 0.6 is 0 Å². The highest BCUT2D eigenvalue weighted by Crippen LogP contribution is 2.34. The first-order valence-electron chi connectivity index (χ1n) is 9.76. The normalized spacial score (nSPS) is 18.5. The van der Waals surface area contributed by atoms with Gasteiger partial charge < -0.3 is 21.3 Å². The molecule has 31 heavy (non-hydrogen) atoms. The molecule has 1 saturated heterocycles. The summed E-state index contributed by atoms with van der Waals surface area (Å²) in [7, 11) is 0. The summed E-state index contributed by atoms with van der Waals surface area (Å²) in [6, 6.07) is 2.71. The Morgan fingerprint density at radius 2 is 2.19 bits per heavy atom. The second-order valence-electron chi connectivity index (χ2n) is 7.74. The van der Waals surface area contributed by atoms with E-state index in [1.165, 1.54) is 18.3 Å². The Bertz CT molecular complexity index is 1160. The van der Waals surface area contributed by atoms with Gasteiger partial charge in [0.15, 0.2) is 5.82 Å². The van der Waals surface area contributed by atoms with Crippen molar-refractivity contribution in [2.75, 3.05) is 29.0 Å². The number of halogens is 3. The van der Waals surface area contributed by atoms with Crippen molar-refractivity contribution in [1.82, 2.24) is 25.5 Å². The molecule has 0 spiro atoms. The van der Waals surface area contributed by atoms with Gasteiger partial charge in [0.1, 0.15) is 17.6 Å². The van der Waals surface area contributed by atoms with E-state index in [4.69, 9.17) is 5.73 Å². The Morgan fingerprint density at radius 3 is 3.00 bits per heavy atom. The lowest BCUT2D eigenvalue weighted by atomic mass is 10.1. The number of nitrogens with one attached hydrogen (secondary N) is 3. The highest BCUT2D eigenvalue weighted by Gasteiger charge is 2.42. The van der Waals surface area contributed by atoms with Crippen LogP contribution in [0.15, 0.2) is 24.4 Å². The third-order valence-electron chi connectivity index (χ3n) is 5.60. The highest BCUT2D eigenvalue weighted by molar-refractivity contribution is 5.94. The Kier molecular flexibility index (Phi) is 4.38. The standard InChI is InChI=1S/C19H19F3N8O/c20-19(21,22)14(6-12-16-9(7-24-29-16)5-15(23)26-12)28-18(31)11-1-2-13-17(27-11)25-10-3-4-30(13)8-10/h1-2,5,7,10,14H,3-4,6,8H2,(H2,23,26)(H,24,29)(H,25,27)(H,28,31)/t10?,14-/m1/s1. The Hall–Kier alpha value is -3.57. The molecule has 1 unspecified atom stereocenters. The van der Waals surface area contributed by atoms with E-state index in [0.29, 0.717) is 16.7 Å². The van der Waals surface area contributed by atoms with Gasteiger partial charge in [-0.3, -0.25) is 9.89 Å². The van der Waals surface area contributed by atoms with Gasteiger partial charge in [-0.15, -0.1) is 0 Å². The largest absolute Gasteiger partial charge is 0.409 e. The van der Waals surface area contributed by atoms with Gasteiger partial charge in [0.2, 0.25) is 0 Å². The summed E-state index contributed by atoms with van der Waals surface area (Å²) in [6.45, 7) is 1.73. The monoisotopic (exact) mass is 432 g/mol. The van der Waals surface area contributed by atoms with Crippen molar-refractivity contribution in [2.24, 2.45) is 0 Å². The molecule has 162 valence electrons. The molecule has 2 bridgehead atoms. The zero-order chi connectivity index (χ0) is 21.8. The number of nitrogens with two attached hydrogens (primary N) is 1. The fraction of sp³-hybridized carbons (Fsp3) is 0.368. The van der Waals surface area contributed by atoms with Crippen LogP contribution in [-0.4, -0.2) is 57.4 Å². The van der Waals surface area contributed by atoms with Crippen LogP contribution in [0, 0.1) is 0 Å². The molecule has 0 saturated carbocycles. The molecule has 3 aromatic heterocycles. The van der Waals surface area contributed by atoms with Gasteiger partial charge in [-0.25, -0.2) is 9.97 Å². The fourth-order valence-electron chi connectivity index (χ4n) is 4.09. The summed E-state index contributed by atoms with van der Waals surface area (Å²) in [4.78, 5) is 23.1. The van der Waals surface area contributed by atoms with E-state index in [1.54, 1.807) is 6.07 Å². The van der Waals surface area contributed by atoms with Crippen LogP contribution in [0.25, 0.3) is 10.9 Å². The first-order valence-corrected chi connectivity index (χ1v) is 9.76. The molecule has 2 aliphatic rings. The molecule has 5 N–H and O–H groups in total. The molecule has 0 aliphatic carbocycles. The molecule has 5 heterocycles. The Morgan fingerprint density at radius 1 is 1.35 bits per heavy atom. The maximum Gasteiger partial charge on any atom is 0.409 e. The number of fused-ring (bicyclic) bond motifs is 5. The SMILES string of the molecule is Nc1cc2cn[nH]c2c(C[C@@H](NC(=O)c2ccc3c(n2)NC2CCN3C2)C(F)(F)F)n1. The number of amides is 1. The lowest BCUT2D eigenvalue weighted by Crippen LogP contribution is -2.47. The Balaban J connectivity index is 1.40. The Labute approximate surface area is 174 Å². The lowest BCUT2D eigenvalue weighted by Gasteiger charge is -2.28. The van der Waals surface area contributed by atoms with Crippen molar-refractivity contribution < 1.29 is 18.0 Å². The van der Waals surface area contributed by atoms with Crippen LogP contribution in [-0.2, 0) is 6.42 Å². The summed E-state index contributed by atoms with van der Waals surface area (Å²) in [5, 5.41) is 12.3. The van der Waals surface area contributed by atoms with Gasteiger partial charge in [0, 0.05) is 30.9 Å². The van der Waals surface area contributed by atoms with Crippen LogP contribution < -0.4 is 21.3 Å². The molecule has 3 aromatic rings. The van der Waals surface area contributed by atoms with Crippen molar-refractivity contribution in [1.29, 1.82) is 0 Å². The van der Waals surface area contributed by atoms with Crippen LogP contribution in [0.5, 0.6) is 0 Å². The first kappa shape index (κ1) is 19.4. The van der Waals surface area contributed by atoms with E-state index in [0.717, 1.165) is 25.2 Å². The molecule has 9 nitrogen and oxygen atoms in total. The van der Waals surface area contributed by atoms with E-state index < -0.39 is 24.5 Å². The number of pyridine rings is 2. The summed E-state index contributed by atoms with van der Waals surface area (Å²) in [6.07, 6.45) is -2.90. The van der Waals surface area contributed by atoms with Crippen LogP contribution in [0.3, 0.4) is 0 Å². The molecule has 1 fully saturated rings. The fourth-order valence-corrected chi connectivity index (χ4v) is 4.09. The maximum absolute atomic E-state index is 13.8. The summed E-state index contributed by atoms with van der Waals surface area (Å²) in [5.41, 5.74) is 6.89. The number of hydrogen-bond donors (Lipinski definition) is 4. The quantitative estimate of drug-likeness (QED) is 0.496. The number of hydrogen-bond acceptors (Lipinski definition) is 7. The van der Waals surface area contributed by atoms with Crippen molar-refractivity contribution in [2.45, 2.75) is 31.1 Å². The number of aromatic amines is 1. The van der Waals surface area contributed by atoms with Gasteiger partial charge >= 0.3 is 6.18 Å². The van der Waals surface area contributed by atoms with Crippen molar-refractivity contribution in [3.63, 3.8) is 0 Å². The van der Waals surface area contributed by atoms with Crippen LogP contribution in [0.1, 0.15) is 22.6 Å². The highest BCUT2D eigenvalue weighted by atomic mass is 19.4. The number of alkyl halides is 3. The van der Waals surface area contributed by atoms with Crippen molar-refractivity contribution in [3.8, 4) is 0 Å². The molecule has 12 heteroatoms. The average Bonchev–Trinajstić information content (AvgIpc) is 3.33. The molecule has 5 rings (SSSR count). The minimum Gasteiger partial charge on any atom is -0.384 e. The molecule has 0 aromatic carbocycles. The van der Waals surface area contributed by atoms with Gasteiger partial charge in [-0.05, 0) is 24.6 Å². The molecular formula is C19H19F3N8O. The summed E-state index contributed by atoms with van der Waals surface area (Å²) >= 11 is 0. The van der Waals surface area contributed by atoms with E-state index in [-0.39, 0.29) is 23.2 Å². The first-order chi connectivity index (χ1) is 14.8. The molecule has 0 radical (unpaired) electrons. The number of aromatic nitrogens is 4. The van der Waals surface area contributed by atoms with Crippen LogP contribution in [0.4, 0.5) is 30.5 Å². The predicted octanol–water partition coefficient (Wildman–Crippen LogP) is 1.84. The zero-order valence-corrected chi connectivity index (χ0v) is 16.2. The van der Waals surface area contributed by atoms with E-state index in [1.807, 2.05) is 0 Å². The number of anilines is 3. The third kappa shape index (κ3) is 3.57. The minimum atomic E-state index is -4.70. The molecule has 2 aliphatic heterocycles. The summed E-state index contributed by atoms with van der Waals surface area (Å²) < 4.78 is 41.3. The van der Waals surface area contributed by atoms with Gasteiger partial charge in [-0.2, -0.15) is 18.3 Å². The van der Waals surface area contributed by atoms with E-state index in [9.17, 15) is 18.0 Å². The third-order valence-corrected chi connectivity index (χ3v) is 5.60. The number of nitrogen functional groups attached to an aromatic ring is 1. The van der Waals surface area contributed by atoms with E-state index in [2.05, 4.69) is 35.7 Å². The topological polar surface area (TPSA) is 125 Å². The number of carbonyl (C=O) groups is 1. The second kappa shape index (κ2) is 7.00. The van der Waals surface area contributed by atoms with Gasteiger partial charge in [0.05, 0.1) is 23.1 Å². The number of carbonyl (C=O) groups excluding carboxylic acids is 1. The van der Waals surface area contributed by atoms with Crippen molar-refractivity contribution in [3.05, 3.63) is 35.8 Å². The number of rotatable bonds is 4. The second-order valence-corrected chi connectivity index (χ2v) is 7.74. The van der Waals surface area contributed by atoms with Gasteiger partial charge in [0.25, 0.3) is 5.91 Å². The minimum absolute atomic E-state index is 0.0690. The zero-order valence-electron chi connectivity index (χ0n) is 16.2. The molecule has 1 amide bonds. The molecule has 2 atom stereocenters. The lowest BCUT2D eigenvalue weighted by molar-refractivity contribution is -0.153. The number of H-pyrrole nitrogens is 1. The predicted molar refractivity (Wildman–Crippen MR) is 108 cm³/mol. The smallest absolute Gasteiger partial charge is 0.384 e. The van der Waals surface area contributed by atoms with E-state index >= 15 is 0 Å². The number of nitrogens with zero attached hydrogens (tertiary/aromatic N) is 4. The maximum atomic E-state index is 13.8. The van der Waals surface area contributed by atoms with Crippen molar-refractivity contribution >= 4 is 34.1 Å². The summed E-state index contributed by atoms with van der Waals surface area (Å²) in [5.74, 6) is -0.325. The average molecular weight is 432 g/mol.